The number of carbonyl (C=O) groups is 1. The smallest absolute Gasteiger partial charge is 0.239 e. The first-order chi connectivity index (χ1) is 9.17. The summed E-state index contributed by atoms with van der Waals surface area (Å²) in [6, 6.07) is 9.92. The SMILES string of the molecule is CCN(CC(=O)NCC(C)CCO)c1ccccc1. The van der Waals surface area contributed by atoms with Gasteiger partial charge in [-0.2, -0.15) is 0 Å². The normalized spacial score (nSPS) is 11.9. The Hall–Kier alpha value is -1.55. The molecule has 1 aromatic rings. The summed E-state index contributed by atoms with van der Waals surface area (Å²) in [7, 11) is 0. The van der Waals surface area contributed by atoms with Crippen LogP contribution in [0.15, 0.2) is 30.3 Å². The number of nitrogens with zero attached hydrogens (tertiary/aromatic N) is 1. The number of carbonyl (C=O) groups excluding carboxylic acids is 1. The number of benzene rings is 1. The molecule has 0 saturated carbocycles. The van der Waals surface area contributed by atoms with Crippen molar-refractivity contribution < 1.29 is 9.90 Å². The molecule has 2 N–H and O–H groups in total. The lowest BCUT2D eigenvalue weighted by Gasteiger charge is -2.22. The average Bonchev–Trinajstić information content (AvgIpc) is 2.44. The Morgan fingerprint density at radius 1 is 1.37 bits per heavy atom. The van der Waals surface area contributed by atoms with E-state index in [0.717, 1.165) is 18.7 Å². The first-order valence-electron chi connectivity index (χ1n) is 6.85. The maximum Gasteiger partial charge on any atom is 0.239 e. The van der Waals surface area contributed by atoms with Gasteiger partial charge in [-0.1, -0.05) is 25.1 Å². The van der Waals surface area contributed by atoms with E-state index >= 15 is 0 Å². The van der Waals surface area contributed by atoms with Gasteiger partial charge in [0.05, 0.1) is 6.54 Å². The number of para-hydroxylation sites is 1. The summed E-state index contributed by atoms with van der Waals surface area (Å²) >= 11 is 0. The van der Waals surface area contributed by atoms with Crippen LogP contribution < -0.4 is 10.2 Å². The molecule has 0 aliphatic heterocycles. The van der Waals surface area contributed by atoms with Crippen LogP contribution in [-0.4, -0.2) is 37.3 Å². The minimum Gasteiger partial charge on any atom is -0.396 e. The highest BCUT2D eigenvalue weighted by molar-refractivity contribution is 5.81. The predicted molar refractivity (Wildman–Crippen MR) is 78.2 cm³/mol. The Morgan fingerprint density at radius 3 is 2.63 bits per heavy atom. The van der Waals surface area contributed by atoms with Gasteiger partial charge in [0.25, 0.3) is 0 Å². The second kappa shape index (κ2) is 8.53. The van der Waals surface area contributed by atoms with Crippen molar-refractivity contribution in [3.05, 3.63) is 30.3 Å². The van der Waals surface area contributed by atoms with Crippen molar-refractivity contribution in [1.82, 2.24) is 5.32 Å². The van der Waals surface area contributed by atoms with Gasteiger partial charge in [-0.15, -0.1) is 0 Å². The quantitative estimate of drug-likeness (QED) is 0.750. The highest BCUT2D eigenvalue weighted by Crippen LogP contribution is 2.12. The number of aliphatic hydroxyl groups is 1. The molecule has 1 amide bonds. The molecular formula is C15H24N2O2. The molecule has 0 aliphatic rings. The molecule has 1 atom stereocenters. The second-order valence-electron chi connectivity index (χ2n) is 4.77. The number of amides is 1. The Kier molecular flexibility index (Phi) is 6.97. The van der Waals surface area contributed by atoms with Crippen LogP contribution in [0.25, 0.3) is 0 Å². The number of anilines is 1. The van der Waals surface area contributed by atoms with Crippen LogP contribution in [-0.2, 0) is 4.79 Å². The first-order valence-corrected chi connectivity index (χ1v) is 6.85. The molecule has 0 radical (unpaired) electrons. The van der Waals surface area contributed by atoms with Gasteiger partial charge in [0.15, 0.2) is 0 Å². The molecule has 4 heteroatoms. The summed E-state index contributed by atoms with van der Waals surface area (Å²) in [4.78, 5) is 13.9. The van der Waals surface area contributed by atoms with Crippen LogP contribution in [0, 0.1) is 5.92 Å². The molecule has 1 aromatic carbocycles. The van der Waals surface area contributed by atoms with Crippen molar-refractivity contribution in [2.75, 3.05) is 31.1 Å². The molecule has 0 bridgehead atoms. The minimum atomic E-state index is 0.0236. The molecule has 19 heavy (non-hydrogen) atoms. The second-order valence-corrected chi connectivity index (χ2v) is 4.77. The fraction of sp³-hybridized carbons (Fsp3) is 0.533. The van der Waals surface area contributed by atoms with Gasteiger partial charge in [-0.05, 0) is 31.4 Å². The van der Waals surface area contributed by atoms with E-state index < -0.39 is 0 Å². The maximum absolute atomic E-state index is 11.9. The number of rotatable bonds is 8. The monoisotopic (exact) mass is 264 g/mol. The summed E-state index contributed by atoms with van der Waals surface area (Å²) < 4.78 is 0. The number of aliphatic hydroxyl groups excluding tert-OH is 1. The lowest BCUT2D eigenvalue weighted by atomic mass is 10.1. The highest BCUT2D eigenvalue weighted by Gasteiger charge is 2.10. The number of hydrogen-bond donors (Lipinski definition) is 2. The van der Waals surface area contributed by atoms with Crippen LogP contribution in [0.3, 0.4) is 0 Å². The van der Waals surface area contributed by atoms with E-state index in [1.165, 1.54) is 0 Å². The third-order valence-corrected chi connectivity index (χ3v) is 3.11. The topological polar surface area (TPSA) is 52.6 Å². The van der Waals surface area contributed by atoms with Crippen LogP contribution >= 0.6 is 0 Å². The van der Waals surface area contributed by atoms with E-state index in [9.17, 15) is 4.79 Å². The minimum absolute atomic E-state index is 0.0236. The zero-order valence-corrected chi connectivity index (χ0v) is 11.8. The fourth-order valence-corrected chi connectivity index (χ4v) is 1.86. The Labute approximate surface area is 115 Å². The lowest BCUT2D eigenvalue weighted by Crippen LogP contribution is -2.39. The molecule has 0 heterocycles. The molecule has 0 aliphatic carbocycles. The molecule has 0 saturated heterocycles. The van der Waals surface area contributed by atoms with Crippen molar-refractivity contribution in [3.8, 4) is 0 Å². The van der Waals surface area contributed by atoms with Gasteiger partial charge in [0.2, 0.25) is 5.91 Å². The van der Waals surface area contributed by atoms with Gasteiger partial charge >= 0.3 is 0 Å². The largest absolute Gasteiger partial charge is 0.396 e. The molecule has 0 aromatic heterocycles. The van der Waals surface area contributed by atoms with E-state index in [1.54, 1.807) is 0 Å². The predicted octanol–water partition coefficient (Wildman–Crippen LogP) is 1.65. The third kappa shape index (κ3) is 5.75. The van der Waals surface area contributed by atoms with Crippen LogP contribution in [0.1, 0.15) is 20.3 Å². The van der Waals surface area contributed by atoms with Gasteiger partial charge < -0.3 is 15.3 Å². The van der Waals surface area contributed by atoms with Crippen molar-refractivity contribution in [1.29, 1.82) is 0 Å². The Morgan fingerprint density at radius 2 is 2.05 bits per heavy atom. The summed E-state index contributed by atoms with van der Waals surface area (Å²) in [6.07, 6.45) is 0.719. The summed E-state index contributed by atoms with van der Waals surface area (Å²) in [5, 5.41) is 11.7. The standard InChI is InChI=1S/C15H24N2O2/c1-3-17(14-7-5-4-6-8-14)12-15(19)16-11-13(2)9-10-18/h4-8,13,18H,3,9-12H2,1-2H3,(H,16,19). The highest BCUT2D eigenvalue weighted by atomic mass is 16.3. The Bertz CT molecular complexity index is 368. The Balaban J connectivity index is 2.41. The first kappa shape index (κ1) is 15.5. The maximum atomic E-state index is 11.9. The number of nitrogens with one attached hydrogen (secondary N) is 1. The lowest BCUT2D eigenvalue weighted by molar-refractivity contribution is -0.119. The molecule has 1 rings (SSSR count). The van der Waals surface area contributed by atoms with Gasteiger partial charge in [0, 0.05) is 25.4 Å². The summed E-state index contributed by atoms with van der Waals surface area (Å²) in [5.41, 5.74) is 1.06. The number of likely N-dealkylation sites (N-methyl/N-ethyl adjacent to an activating group) is 1. The van der Waals surface area contributed by atoms with Crippen molar-refractivity contribution in [2.24, 2.45) is 5.92 Å². The average molecular weight is 264 g/mol. The summed E-state index contributed by atoms with van der Waals surface area (Å²) in [6.45, 7) is 6.00. The van der Waals surface area contributed by atoms with Crippen molar-refractivity contribution in [3.63, 3.8) is 0 Å². The molecule has 4 nitrogen and oxygen atoms in total. The third-order valence-electron chi connectivity index (χ3n) is 3.11. The molecule has 1 unspecified atom stereocenters. The van der Waals surface area contributed by atoms with E-state index in [2.05, 4.69) is 5.32 Å². The van der Waals surface area contributed by atoms with E-state index in [-0.39, 0.29) is 12.5 Å². The van der Waals surface area contributed by atoms with Gasteiger partial charge in [0.1, 0.15) is 0 Å². The van der Waals surface area contributed by atoms with E-state index in [0.29, 0.717) is 19.0 Å². The molecule has 0 fully saturated rings. The summed E-state index contributed by atoms with van der Waals surface area (Å²) in [5.74, 6) is 0.330. The van der Waals surface area contributed by atoms with Crippen molar-refractivity contribution in [2.45, 2.75) is 20.3 Å². The molecule has 0 spiro atoms. The zero-order chi connectivity index (χ0) is 14.1. The van der Waals surface area contributed by atoms with E-state index in [4.69, 9.17) is 5.11 Å². The van der Waals surface area contributed by atoms with Crippen LogP contribution in [0.5, 0.6) is 0 Å². The van der Waals surface area contributed by atoms with Crippen LogP contribution in [0.2, 0.25) is 0 Å². The molecular weight excluding hydrogens is 240 g/mol. The fourth-order valence-electron chi connectivity index (χ4n) is 1.86. The van der Waals surface area contributed by atoms with E-state index in [1.807, 2.05) is 49.1 Å². The van der Waals surface area contributed by atoms with Gasteiger partial charge in [-0.3, -0.25) is 4.79 Å². The van der Waals surface area contributed by atoms with Gasteiger partial charge in [-0.25, -0.2) is 0 Å². The zero-order valence-electron chi connectivity index (χ0n) is 11.8. The number of hydrogen-bond acceptors (Lipinski definition) is 3. The van der Waals surface area contributed by atoms with Crippen LogP contribution in [0.4, 0.5) is 5.69 Å². The van der Waals surface area contributed by atoms with Crippen molar-refractivity contribution >= 4 is 11.6 Å². The molecule has 106 valence electrons.